The third-order valence-corrected chi connectivity index (χ3v) is 5.16. The molecule has 0 bridgehead atoms. The van der Waals surface area contributed by atoms with E-state index in [0.29, 0.717) is 20.0 Å². The zero-order valence-electron chi connectivity index (χ0n) is 17.7. The number of alkyl halides is 13. The summed E-state index contributed by atoms with van der Waals surface area (Å²) in [6.45, 7) is 4.47. The van der Waals surface area contributed by atoms with Gasteiger partial charge in [0.15, 0.2) is 0 Å². The fourth-order valence-electron chi connectivity index (χ4n) is 3.07. The first-order chi connectivity index (χ1) is 14.9. The summed E-state index contributed by atoms with van der Waals surface area (Å²) in [5.74, 6) is -37.5. The number of aliphatic hydroxyl groups is 1. The summed E-state index contributed by atoms with van der Waals surface area (Å²) in [7, 11) is 0. The molecular weight excluding hydrogens is 505 g/mol. The fourth-order valence-corrected chi connectivity index (χ4v) is 3.07. The van der Waals surface area contributed by atoms with E-state index in [-0.39, 0.29) is 5.69 Å². The standard InChI is InChI=1S/C19H20F13NO/c1-4-33(5-2)12-8-6-7-11(9-12)13(3,34)10-14(20,21)15(22,23)16(24,25)17(26,27)18(28,29)19(30,31)32/h6-9,34H,4-5,10H2,1-3H3. The highest BCUT2D eigenvalue weighted by Crippen LogP contribution is 2.61. The van der Waals surface area contributed by atoms with Gasteiger partial charge in [0.25, 0.3) is 0 Å². The molecule has 0 saturated heterocycles. The number of hydrogen-bond donors (Lipinski definition) is 1. The van der Waals surface area contributed by atoms with Gasteiger partial charge in [-0.3, -0.25) is 0 Å². The Morgan fingerprint density at radius 1 is 0.706 bits per heavy atom. The molecule has 1 N–H and O–H groups in total. The summed E-state index contributed by atoms with van der Waals surface area (Å²) in [6, 6.07) is 4.49. The Morgan fingerprint density at radius 2 is 1.15 bits per heavy atom. The molecule has 0 aliphatic heterocycles. The Morgan fingerprint density at radius 3 is 1.56 bits per heavy atom. The second-order valence-corrected chi connectivity index (χ2v) is 7.67. The fraction of sp³-hybridized carbons (Fsp3) is 0.684. The number of nitrogens with zero attached hydrogens (tertiary/aromatic N) is 1. The highest BCUT2D eigenvalue weighted by molar-refractivity contribution is 5.49. The topological polar surface area (TPSA) is 23.5 Å². The third-order valence-electron chi connectivity index (χ3n) is 5.16. The first kappa shape index (κ1) is 30.1. The summed E-state index contributed by atoms with van der Waals surface area (Å²) >= 11 is 0. The molecule has 0 aliphatic rings. The lowest BCUT2D eigenvalue weighted by Gasteiger charge is -2.41. The van der Waals surface area contributed by atoms with Gasteiger partial charge >= 0.3 is 35.8 Å². The molecular formula is C19H20F13NO. The van der Waals surface area contributed by atoms with Gasteiger partial charge in [-0.1, -0.05) is 12.1 Å². The zero-order valence-corrected chi connectivity index (χ0v) is 17.7. The molecule has 0 aliphatic carbocycles. The van der Waals surface area contributed by atoms with Crippen LogP contribution in [0, 0.1) is 0 Å². The van der Waals surface area contributed by atoms with Crippen LogP contribution < -0.4 is 4.90 Å². The van der Waals surface area contributed by atoms with Gasteiger partial charge in [0.05, 0.1) is 12.0 Å². The maximum atomic E-state index is 14.2. The van der Waals surface area contributed by atoms with Crippen molar-refractivity contribution in [3.63, 3.8) is 0 Å². The monoisotopic (exact) mass is 525 g/mol. The van der Waals surface area contributed by atoms with Gasteiger partial charge in [0, 0.05) is 18.8 Å². The quantitative estimate of drug-likeness (QED) is 0.337. The number of benzene rings is 1. The summed E-state index contributed by atoms with van der Waals surface area (Å²) in [6.07, 6.45) is -10.2. The van der Waals surface area contributed by atoms with E-state index in [9.17, 15) is 62.2 Å². The molecule has 0 fully saturated rings. The van der Waals surface area contributed by atoms with Crippen LogP contribution in [0.1, 0.15) is 32.8 Å². The Bertz CT molecular complexity index is 845. The molecule has 1 aromatic rings. The van der Waals surface area contributed by atoms with Crippen LogP contribution in [0.15, 0.2) is 24.3 Å². The lowest BCUT2D eigenvalue weighted by atomic mass is 9.84. The molecule has 15 heteroatoms. The van der Waals surface area contributed by atoms with Crippen molar-refractivity contribution in [3.05, 3.63) is 29.8 Å². The van der Waals surface area contributed by atoms with E-state index in [1.54, 1.807) is 18.7 Å². The van der Waals surface area contributed by atoms with Crippen LogP contribution in [0.25, 0.3) is 0 Å². The molecule has 0 radical (unpaired) electrons. The normalized spacial score (nSPS) is 16.4. The maximum Gasteiger partial charge on any atom is 0.460 e. The van der Waals surface area contributed by atoms with Crippen molar-refractivity contribution >= 4 is 5.69 Å². The van der Waals surface area contributed by atoms with Crippen LogP contribution in [0.4, 0.5) is 62.8 Å². The minimum absolute atomic E-state index is 0.263. The summed E-state index contributed by atoms with van der Waals surface area (Å²) in [5, 5.41) is 10.3. The first-order valence-electron chi connectivity index (χ1n) is 9.48. The number of anilines is 1. The van der Waals surface area contributed by atoms with E-state index in [1.165, 1.54) is 12.1 Å². The smallest absolute Gasteiger partial charge is 0.385 e. The van der Waals surface area contributed by atoms with Crippen LogP contribution in [0.3, 0.4) is 0 Å². The number of hydrogen-bond acceptors (Lipinski definition) is 2. The second-order valence-electron chi connectivity index (χ2n) is 7.67. The van der Waals surface area contributed by atoms with Gasteiger partial charge in [-0.25, -0.2) is 0 Å². The maximum absolute atomic E-state index is 14.2. The molecule has 0 saturated carbocycles. The van der Waals surface area contributed by atoms with Crippen molar-refractivity contribution in [2.24, 2.45) is 0 Å². The highest BCUT2D eigenvalue weighted by atomic mass is 19.4. The number of halogens is 13. The predicted molar refractivity (Wildman–Crippen MR) is 95.0 cm³/mol. The van der Waals surface area contributed by atoms with Gasteiger partial charge in [0.1, 0.15) is 0 Å². The lowest BCUT2D eigenvalue weighted by Crippen LogP contribution is -2.70. The van der Waals surface area contributed by atoms with Gasteiger partial charge in [0.2, 0.25) is 0 Å². The Hall–Kier alpha value is -1.93. The Kier molecular flexibility index (Phi) is 7.91. The number of rotatable bonds is 10. The van der Waals surface area contributed by atoms with Crippen LogP contribution in [0.5, 0.6) is 0 Å². The Balaban J connectivity index is 3.46. The van der Waals surface area contributed by atoms with Crippen molar-refractivity contribution in [2.45, 2.75) is 68.6 Å². The zero-order chi connectivity index (χ0) is 27.2. The minimum atomic E-state index is -7.97. The van der Waals surface area contributed by atoms with E-state index in [1.807, 2.05) is 0 Å². The molecule has 198 valence electrons. The van der Waals surface area contributed by atoms with Crippen LogP contribution in [-0.4, -0.2) is 54.0 Å². The van der Waals surface area contributed by atoms with Crippen molar-refractivity contribution in [1.82, 2.24) is 0 Å². The highest BCUT2D eigenvalue weighted by Gasteiger charge is 2.90. The first-order valence-corrected chi connectivity index (χ1v) is 9.48. The van der Waals surface area contributed by atoms with Crippen LogP contribution in [0.2, 0.25) is 0 Å². The summed E-state index contributed by atoms with van der Waals surface area (Å²) in [5.41, 5.74) is -3.43. The molecule has 0 spiro atoms. The van der Waals surface area contributed by atoms with E-state index in [2.05, 4.69) is 0 Å². The van der Waals surface area contributed by atoms with E-state index in [0.717, 1.165) is 12.1 Å². The molecule has 1 unspecified atom stereocenters. The molecule has 1 rings (SSSR count). The van der Waals surface area contributed by atoms with E-state index >= 15 is 0 Å². The van der Waals surface area contributed by atoms with Crippen LogP contribution >= 0.6 is 0 Å². The Labute approximate surface area is 185 Å². The average molecular weight is 525 g/mol. The summed E-state index contributed by atoms with van der Waals surface area (Å²) in [4.78, 5) is 1.60. The molecule has 1 atom stereocenters. The molecule has 1 aromatic carbocycles. The average Bonchev–Trinajstić information content (AvgIpc) is 2.67. The van der Waals surface area contributed by atoms with Crippen LogP contribution in [-0.2, 0) is 5.60 Å². The van der Waals surface area contributed by atoms with Crippen molar-refractivity contribution in [1.29, 1.82) is 0 Å². The van der Waals surface area contributed by atoms with Crippen molar-refractivity contribution in [2.75, 3.05) is 18.0 Å². The summed E-state index contributed by atoms with van der Waals surface area (Å²) < 4.78 is 173. The van der Waals surface area contributed by atoms with Gasteiger partial charge in [-0.15, -0.1) is 0 Å². The van der Waals surface area contributed by atoms with Crippen molar-refractivity contribution in [3.8, 4) is 0 Å². The molecule has 0 heterocycles. The minimum Gasteiger partial charge on any atom is -0.385 e. The lowest BCUT2D eigenvalue weighted by molar-refractivity contribution is -0.441. The largest absolute Gasteiger partial charge is 0.460 e. The molecule has 0 amide bonds. The second kappa shape index (κ2) is 8.94. The van der Waals surface area contributed by atoms with Gasteiger partial charge < -0.3 is 10.0 Å². The molecule has 2 nitrogen and oxygen atoms in total. The molecule has 0 aromatic heterocycles. The predicted octanol–water partition coefficient (Wildman–Crippen LogP) is 6.87. The van der Waals surface area contributed by atoms with E-state index in [4.69, 9.17) is 0 Å². The van der Waals surface area contributed by atoms with E-state index < -0.39 is 53.4 Å². The SMILES string of the molecule is CCN(CC)c1cccc(C(C)(O)CC(F)(F)C(F)(F)C(F)(F)C(F)(F)C(F)(F)C(F)(F)F)c1. The van der Waals surface area contributed by atoms with Crippen molar-refractivity contribution < 1.29 is 62.2 Å². The van der Waals surface area contributed by atoms with Gasteiger partial charge in [-0.05, 0) is 38.5 Å². The third kappa shape index (κ3) is 4.76. The molecule has 34 heavy (non-hydrogen) atoms. The van der Waals surface area contributed by atoms with Gasteiger partial charge in [-0.2, -0.15) is 57.1 Å².